The van der Waals surface area contributed by atoms with Crippen molar-refractivity contribution in [3.8, 4) is 0 Å². The minimum absolute atomic E-state index is 0.237. The molecule has 2 aromatic rings. The molecule has 0 spiro atoms. The Kier molecular flexibility index (Phi) is 11.2. The van der Waals surface area contributed by atoms with Gasteiger partial charge in [-0.1, -0.05) is 21.6 Å². The fourth-order valence-electron chi connectivity index (χ4n) is 2.98. The Morgan fingerprint density at radius 3 is 1.07 bits per heavy atom. The summed E-state index contributed by atoms with van der Waals surface area (Å²) in [5, 5.41) is 48.6. The number of non-ortho nitro benzene ring substituents is 4. The maximum absolute atomic E-state index is 12.6. The quantitative estimate of drug-likeness (QED) is 0.0909. The number of nitrogens with two attached hydrogens (primary N) is 2. The molecule has 6 N–H and O–H groups in total. The van der Waals surface area contributed by atoms with Gasteiger partial charge in [-0.15, -0.1) is 0 Å². The number of rotatable bonds is 15. The standard InChI is InChI=1S/C20H18N8O12S2/c21-17(29)15(23-19(31)9-1-11(25(33)34)5-12(2-9)26(35)36)7-41-42-8-16(18(22)30)24-20(32)10-3-13(27(37)38)6-14(4-10)28(39)40/h1-6,15-16H,7-8H2,(H2,21,29)(H2,22,30)(H,23,31)(H,24,32)/t15-,16-/m0/s1. The van der Waals surface area contributed by atoms with E-state index in [4.69, 9.17) is 11.5 Å². The van der Waals surface area contributed by atoms with Gasteiger partial charge in [0.25, 0.3) is 34.6 Å². The van der Waals surface area contributed by atoms with E-state index in [1.165, 1.54) is 0 Å². The monoisotopic (exact) mass is 626 g/mol. The van der Waals surface area contributed by atoms with Crippen LogP contribution in [0.4, 0.5) is 22.7 Å². The molecule has 0 heterocycles. The molecule has 2 aromatic carbocycles. The Labute approximate surface area is 240 Å². The molecule has 0 saturated carbocycles. The number of amides is 4. The van der Waals surface area contributed by atoms with E-state index in [1.807, 2.05) is 0 Å². The first kappa shape index (κ1) is 32.8. The van der Waals surface area contributed by atoms with Gasteiger partial charge in [0.1, 0.15) is 12.1 Å². The Morgan fingerprint density at radius 1 is 0.595 bits per heavy atom. The van der Waals surface area contributed by atoms with Gasteiger partial charge < -0.3 is 22.1 Å². The number of hydrogen-bond donors (Lipinski definition) is 4. The van der Waals surface area contributed by atoms with E-state index in [1.54, 1.807) is 0 Å². The normalized spacial score (nSPS) is 11.9. The lowest BCUT2D eigenvalue weighted by Gasteiger charge is -2.17. The van der Waals surface area contributed by atoms with E-state index >= 15 is 0 Å². The van der Waals surface area contributed by atoms with Crippen LogP contribution in [0.2, 0.25) is 0 Å². The van der Waals surface area contributed by atoms with Gasteiger partial charge in [-0.05, 0) is 0 Å². The molecule has 0 aromatic heterocycles. The molecule has 0 saturated heterocycles. The molecule has 0 aliphatic carbocycles. The number of primary amides is 2. The number of nitro benzene ring substituents is 4. The Hall–Kier alpha value is -5.38. The van der Waals surface area contributed by atoms with Gasteiger partial charge >= 0.3 is 0 Å². The van der Waals surface area contributed by atoms with Crippen LogP contribution in [-0.2, 0) is 9.59 Å². The molecule has 2 rings (SSSR count). The van der Waals surface area contributed by atoms with Crippen LogP contribution in [-0.4, -0.2) is 66.9 Å². The molecule has 4 amide bonds. The summed E-state index contributed by atoms with van der Waals surface area (Å²) < 4.78 is 0. The van der Waals surface area contributed by atoms with Crippen LogP contribution in [0.25, 0.3) is 0 Å². The fourth-order valence-corrected chi connectivity index (χ4v) is 5.33. The predicted octanol–water partition coefficient (Wildman–Crippen LogP) is 0.568. The van der Waals surface area contributed by atoms with E-state index in [2.05, 4.69) is 10.6 Å². The summed E-state index contributed by atoms with van der Waals surface area (Å²) in [5.41, 5.74) is 6.63. The predicted molar refractivity (Wildman–Crippen MR) is 145 cm³/mol. The highest BCUT2D eigenvalue weighted by Crippen LogP contribution is 2.26. The van der Waals surface area contributed by atoms with Gasteiger partial charge in [-0.3, -0.25) is 59.6 Å². The first-order valence-electron chi connectivity index (χ1n) is 10.9. The van der Waals surface area contributed by atoms with Gasteiger partial charge in [-0.2, -0.15) is 0 Å². The Morgan fingerprint density at radius 2 is 0.857 bits per heavy atom. The molecule has 0 bridgehead atoms. The van der Waals surface area contributed by atoms with Gasteiger partial charge in [0.15, 0.2) is 0 Å². The number of benzene rings is 2. The average molecular weight is 627 g/mol. The highest BCUT2D eigenvalue weighted by atomic mass is 33.1. The van der Waals surface area contributed by atoms with Crippen LogP contribution in [0.5, 0.6) is 0 Å². The Bertz CT molecular complexity index is 1310. The maximum Gasteiger partial charge on any atom is 0.277 e. The fraction of sp³-hybridized carbons (Fsp3) is 0.200. The summed E-state index contributed by atoms with van der Waals surface area (Å²) in [6.45, 7) is 0. The van der Waals surface area contributed by atoms with E-state index in [-0.39, 0.29) is 11.5 Å². The molecule has 0 aliphatic heterocycles. The van der Waals surface area contributed by atoms with Crippen molar-refractivity contribution < 1.29 is 38.9 Å². The van der Waals surface area contributed by atoms with Crippen molar-refractivity contribution >= 4 is 68.0 Å². The summed E-state index contributed by atoms with van der Waals surface area (Å²) in [4.78, 5) is 89.2. The zero-order valence-electron chi connectivity index (χ0n) is 20.7. The highest BCUT2D eigenvalue weighted by Gasteiger charge is 2.26. The van der Waals surface area contributed by atoms with E-state index < -0.39 is 89.3 Å². The van der Waals surface area contributed by atoms with Crippen molar-refractivity contribution in [2.75, 3.05) is 11.5 Å². The molecule has 0 fully saturated rings. The van der Waals surface area contributed by atoms with Crippen molar-refractivity contribution in [1.29, 1.82) is 0 Å². The molecular formula is C20H18N8O12S2. The van der Waals surface area contributed by atoms with Crippen LogP contribution >= 0.6 is 21.6 Å². The second-order valence-corrected chi connectivity index (χ2v) is 10.5. The third kappa shape index (κ3) is 9.09. The summed E-state index contributed by atoms with van der Waals surface area (Å²) in [7, 11) is 1.74. The van der Waals surface area contributed by atoms with E-state index in [0.717, 1.165) is 45.9 Å². The second kappa shape index (κ2) is 14.3. The number of hydrogen-bond acceptors (Lipinski definition) is 14. The van der Waals surface area contributed by atoms with Crippen LogP contribution in [0.3, 0.4) is 0 Å². The van der Waals surface area contributed by atoms with Gasteiger partial charge in [0.2, 0.25) is 11.8 Å². The highest BCUT2D eigenvalue weighted by molar-refractivity contribution is 8.76. The van der Waals surface area contributed by atoms with Gasteiger partial charge in [0, 0.05) is 35.8 Å². The van der Waals surface area contributed by atoms with Gasteiger partial charge in [-0.25, -0.2) is 0 Å². The van der Waals surface area contributed by atoms with E-state index in [0.29, 0.717) is 12.1 Å². The lowest BCUT2D eigenvalue weighted by Crippen LogP contribution is -2.46. The van der Waals surface area contributed by atoms with Crippen LogP contribution < -0.4 is 22.1 Å². The minimum atomic E-state index is -1.39. The first-order chi connectivity index (χ1) is 19.6. The van der Waals surface area contributed by atoms with E-state index in [9.17, 15) is 59.6 Å². The van der Waals surface area contributed by atoms with Crippen molar-refractivity contribution in [3.05, 3.63) is 88.0 Å². The van der Waals surface area contributed by atoms with Crippen molar-refractivity contribution in [2.24, 2.45) is 11.5 Å². The second-order valence-electron chi connectivity index (χ2n) is 7.93. The summed E-state index contributed by atoms with van der Waals surface area (Å²) in [5.74, 6) is -4.71. The summed E-state index contributed by atoms with van der Waals surface area (Å²) in [6.07, 6.45) is 0. The number of nitro groups is 4. The van der Waals surface area contributed by atoms with Crippen molar-refractivity contribution in [3.63, 3.8) is 0 Å². The molecule has 20 nitrogen and oxygen atoms in total. The smallest absolute Gasteiger partial charge is 0.277 e. The molecule has 0 unspecified atom stereocenters. The first-order valence-corrected chi connectivity index (χ1v) is 13.4. The topological polar surface area (TPSA) is 317 Å². The Balaban J connectivity index is 2.06. The molecular weight excluding hydrogens is 608 g/mol. The lowest BCUT2D eigenvalue weighted by molar-refractivity contribution is -0.394. The molecule has 22 heteroatoms. The average Bonchev–Trinajstić information content (AvgIpc) is 2.92. The molecule has 222 valence electrons. The molecule has 2 atom stereocenters. The molecule has 0 aliphatic rings. The minimum Gasteiger partial charge on any atom is -0.368 e. The maximum atomic E-state index is 12.6. The van der Waals surface area contributed by atoms with Gasteiger partial charge in [0.05, 0.1) is 43.0 Å². The third-order valence-electron chi connectivity index (χ3n) is 5.02. The zero-order chi connectivity index (χ0) is 31.7. The van der Waals surface area contributed by atoms with Crippen molar-refractivity contribution in [1.82, 2.24) is 10.6 Å². The largest absolute Gasteiger partial charge is 0.368 e. The number of nitrogens with zero attached hydrogens (tertiary/aromatic N) is 4. The summed E-state index contributed by atoms with van der Waals surface area (Å²) >= 11 is 0. The summed E-state index contributed by atoms with van der Waals surface area (Å²) in [6, 6.07) is 1.56. The molecule has 0 radical (unpaired) electrons. The van der Waals surface area contributed by atoms with Crippen LogP contribution in [0.1, 0.15) is 20.7 Å². The number of nitrogens with one attached hydrogen (secondary N) is 2. The van der Waals surface area contributed by atoms with Crippen LogP contribution in [0, 0.1) is 40.5 Å². The molecule has 42 heavy (non-hydrogen) atoms. The van der Waals surface area contributed by atoms with Crippen LogP contribution in [0.15, 0.2) is 36.4 Å². The van der Waals surface area contributed by atoms with Crippen molar-refractivity contribution in [2.45, 2.75) is 12.1 Å². The zero-order valence-corrected chi connectivity index (χ0v) is 22.3. The number of carbonyl (C=O) groups excluding carboxylic acids is 4. The third-order valence-corrected chi connectivity index (χ3v) is 7.45. The SMILES string of the molecule is NC(=O)[C@H](CSSC[C@H](NC(=O)c1cc([N+](=O)[O-])cc([N+](=O)[O-])c1)C(N)=O)NC(=O)c1cc([N+](=O)[O-])cc([N+](=O)[O-])c1. The number of carbonyl (C=O) groups is 4. The lowest BCUT2D eigenvalue weighted by atomic mass is 10.1.